The van der Waals surface area contributed by atoms with E-state index in [1.54, 1.807) is 0 Å². The van der Waals surface area contributed by atoms with E-state index in [2.05, 4.69) is 19.1 Å². The van der Waals surface area contributed by atoms with E-state index >= 15 is 0 Å². The van der Waals surface area contributed by atoms with Crippen LogP contribution >= 0.6 is 0 Å². The van der Waals surface area contributed by atoms with Gasteiger partial charge in [-0.2, -0.15) is 0 Å². The van der Waals surface area contributed by atoms with Gasteiger partial charge < -0.3 is 5.11 Å². The van der Waals surface area contributed by atoms with Crippen LogP contribution in [0.4, 0.5) is 0 Å². The summed E-state index contributed by atoms with van der Waals surface area (Å²) in [6.45, 7) is 4.24. The topological polar surface area (TPSA) is 37.3 Å². The van der Waals surface area contributed by atoms with E-state index in [0.717, 1.165) is 32.1 Å². The Bertz CT molecular complexity index is 605. The number of aliphatic hydroxyl groups is 1. The van der Waals surface area contributed by atoms with E-state index in [4.69, 9.17) is 0 Å². The lowest BCUT2D eigenvalue weighted by atomic mass is 9.58. The quantitative estimate of drug-likeness (QED) is 0.736. The fourth-order valence-corrected chi connectivity index (χ4v) is 5.24. The smallest absolute Gasteiger partial charge is 0.156 e. The van der Waals surface area contributed by atoms with E-state index in [1.165, 1.54) is 16.7 Å². The third-order valence-corrected chi connectivity index (χ3v) is 6.78. The fourth-order valence-electron chi connectivity index (χ4n) is 5.24. The second-order valence-electron chi connectivity index (χ2n) is 7.75. The van der Waals surface area contributed by atoms with Gasteiger partial charge in [0.15, 0.2) is 5.78 Å². The second kappa shape index (κ2) is 4.19. The molecule has 0 aromatic heterocycles. The molecule has 0 aromatic carbocycles. The molecule has 0 amide bonds. The Morgan fingerprint density at radius 1 is 1.19 bits per heavy atom. The van der Waals surface area contributed by atoms with Crippen molar-refractivity contribution in [3.8, 4) is 0 Å². The Morgan fingerprint density at radius 3 is 2.81 bits per heavy atom. The Morgan fingerprint density at radius 2 is 2.00 bits per heavy atom. The number of allylic oxidation sites excluding steroid dienone is 5. The molecule has 0 heterocycles. The van der Waals surface area contributed by atoms with Gasteiger partial charge in [-0.3, -0.25) is 4.79 Å². The van der Waals surface area contributed by atoms with Crippen LogP contribution in [-0.4, -0.2) is 16.5 Å². The number of fused-ring (bicyclic) bond motifs is 4. The molecule has 21 heavy (non-hydrogen) atoms. The summed E-state index contributed by atoms with van der Waals surface area (Å²) in [5, 5.41) is 10.8. The minimum absolute atomic E-state index is 0.0899. The zero-order chi connectivity index (χ0) is 14.8. The molecule has 0 aliphatic heterocycles. The molecule has 0 saturated heterocycles. The highest BCUT2D eigenvalue weighted by atomic mass is 16.3. The maximum Gasteiger partial charge on any atom is 0.156 e. The van der Waals surface area contributed by atoms with Gasteiger partial charge in [-0.05, 0) is 73.7 Å². The van der Waals surface area contributed by atoms with Crippen LogP contribution in [0.2, 0.25) is 0 Å². The summed E-state index contributed by atoms with van der Waals surface area (Å²) >= 11 is 0. The van der Waals surface area contributed by atoms with Crippen molar-refractivity contribution in [1.82, 2.24) is 0 Å². The molecule has 2 nitrogen and oxygen atoms in total. The molecular weight excluding hydrogens is 260 g/mol. The second-order valence-corrected chi connectivity index (χ2v) is 7.75. The van der Waals surface area contributed by atoms with Crippen molar-refractivity contribution >= 4 is 5.78 Å². The van der Waals surface area contributed by atoms with E-state index in [1.807, 2.05) is 13.0 Å². The lowest BCUT2D eigenvalue weighted by molar-refractivity contribution is -0.114. The number of rotatable bonds is 0. The van der Waals surface area contributed by atoms with Gasteiger partial charge >= 0.3 is 0 Å². The lowest BCUT2D eigenvalue weighted by Gasteiger charge is -2.47. The molecule has 2 heteroatoms. The third-order valence-electron chi connectivity index (χ3n) is 6.78. The van der Waals surface area contributed by atoms with Crippen LogP contribution in [0.5, 0.6) is 0 Å². The van der Waals surface area contributed by atoms with Crippen molar-refractivity contribution in [2.45, 2.75) is 58.0 Å². The van der Waals surface area contributed by atoms with Crippen LogP contribution < -0.4 is 0 Å². The summed E-state index contributed by atoms with van der Waals surface area (Å²) in [6, 6.07) is 0. The molecule has 1 saturated carbocycles. The SMILES string of the molecule is CC1(O)CC[C@H]2[C@@H]3CCC4=CC(=O)CCC4=C3C=C[C@@]21C. The molecule has 4 rings (SSSR count). The van der Waals surface area contributed by atoms with Crippen LogP contribution in [0.1, 0.15) is 52.4 Å². The van der Waals surface area contributed by atoms with Crippen molar-refractivity contribution in [2.24, 2.45) is 17.3 Å². The number of carbonyl (C=O) groups is 1. The normalized spacial score (nSPS) is 45.1. The molecule has 4 aliphatic carbocycles. The molecule has 0 spiro atoms. The van der Waals surface area contributed by atoms with E-state index in [9.17, 15) is 9.90 Å². The average Bonchev–Trinajstić information content (AvgIpc) is 2.69. The van der Waals surface area contributed by atoms with Crippen molar-refractivity contribution in [3.05, 3.63) is 34.9 Å². The highest BCUT2D eigenvalue weighted by Crippen LogP contribution is 2.60. The first-order valence-electron chi connectivity index (χ1n) is 8.31. The van der Waals surface area contributed by atoms with Crippen LogP contribution in [0.3, 0.4) is 0 Å². The van der Waals surface area contributed by atoms with Crippen molar-refractivity contribution in [2.75, 3.05) is 0 Å². The van der Waals surface area contributed by atoms with Crippen LogP contribution in [0.25, 0.3) is 0 Å². The van der Waals surface area contributed by atoms with Gasteiger partial charge in [0, 0.05) is 11.8 Å². The van der Waals surface area contributed by atoms with Crippen LogP contribution in [0, 0.1) is 17.3 Å². The minimum Gasteiger partial charge on any atom is -0.389 e. The Labute approximate surface area is 126 Å². The summed E-state index contributed by atoms with van der Waals surface area (Å²) in [7, 11) is 0. The summed E-state index contributed by atoms with van der Waals surface area (Å²) in [4.78, 5) is 11.6. The molecule has 0 bridgehead atoms. The monoisotopic (exact) mass is 284 g/mol. The largest absolute Gasteiger partial charge is 0.389 e. The molecular formula is C19H24O2. The van der Waals surface area contributed by atoms with Crippen molar-refractivity contribution in [1.29, 1.82) is 0 Å². The zero-order valence-corrected chi connectivity index (χ0v) is 13.0. The van der Waals surface area contributed by atoms with Gasteiger partial charge in [-0.15, -0.1) is 0 Å². The summed E-state index contributed by atoms with van der Waals surface area (Å²) in [6.07, 6.45) is 12.2. The first-order chi connectivity index (χ1) is 9.92. The molecule has 1 unspecified atom stereocenters. The van der Waals surface area contributed by atoms with E-state index in [0.29, 0.717) is 24.0 Å². The van der Waals surface area contributed by atoms with Gasteiger partial charge in [0.05, 0.1) is 5.60 Å². The molecule has 1 fully saturated rings. The summed E-state index contributed by atoms with van der Waals surface area (Å²) in [5.41, 5.74) is 3.53. The highest BCUT2D eigenvalue weighted by Gasteiger charge is 2.56. The van der Waals surface area contributed by atoms with Crippen LogP contribution in [0.15, 0.2) is 34.9 Å². The molecule has 112 valence electrons. The Hall–Kier alpha value is -1.15. The van der Waals surface area contributed by atoms with Gasteiger partial charge in [-0.1, -0.05) is 19.1 Å². The maximum atomic E-state index is 11.6. The molecule has 0 aromatic rings. The number of hydrogen-bond acceptors (Lipinski definition) is 2. The number of ketones is 1. The standard InChI is InChI=1S/C19H24O2/c1-18-9-7-15-14-6-4-13(20)11-12(14)3-5-16(15)17(18)8-10-19(18,2)21/h7,9,11,16-17,21H,3-6,8,10H2,1-2H3/t16-,17+,18+,19?/m1/s1. The number of carbonyl (C=O) groups excluding carboxylic acids is 1. The Kier molecular flexibility index (Phi) is 2.70. The molecule has 1 N–H and O–H groups in total. The average molecular weight is 284 g/mol. The van der Waals surface area contributed by atoms with Crippen molar-refractivity contribution in [3.63, 3.8) is 0 Å². The molecule has 4 atom stereocenters. The van der Waals surface area contributed by atoms with Crippen molar-refractivity contribution < 1.29 is 9.90 Å². The predicted molar refractivity (Wildman–Crippen MR) is 82.7 cm³/mol. The first-order valence-corrected chi connectivity index (χ1v) is 8.31. The minimum atomic E-state index is -0.580. The van der Waals surface area contributed by atoms with Crippen LogP contribution in [-0.2, 0) is 4.79 Å². The van der Waals surface area contributed by atoms with Gasteiger partial charge in [0.2, 0.25) is 0 Å². The van der Waals surface area contributed by atoms with E-state index in [-0.39, 0.29) is 5.41 Å². The lowest BCUT2D eigenvalue weighted by Crippen LogP contribution is -2.45. The van der Waals surface area contributed by atoms with E-state index < -0.39 is 5.60 Å². The third kappa shape index (κ3) is 1.72. The number of hydrogen-bond donors (Lipinski definition) is 1. The zero-order valence-electron chi connectivity index (χ0n) is 13.0. The van der Waals surface area contributed by atoms with Gasteiger partial charge in [0.25, 0.3) is 0 Å². The Balaban J connectivity index is 1.83. The van der Waals surface area contributed by atoms with Gasteiger partial charge in [0.1, 0.15) is 0 Å². The molecule has 4 aliphatic rings. The summed E-state index contributed by atoms with van der Waals surface area (Å²) < 4.78 is 0. The first kappa shape index (κ1) is 13.5. The maximum absolute atomic E-state index is 11.6. The summed E-state index contributed by atoms with van der Waals surface area (Å²) in [5.74, 6) is 1.43. The highest BCUT2D eigenvalue weighted by molar-refractivity contribution is 5.93. The predicted octanol–water partition coefficient (Wildman–Crippen LogP) is 3.72. The van der Waals surface area contributed by atoms with Gasteiger partial charge in [-0.25, -0.2) is 0 Å². The molecule has 0 radical (unpaired) electrons. The fraction of sp³-hybridized carbons (Fsp3) is 0.632.